The van der Waals surface area contributed by atoms with Gasteiger partial charge in [0.25, 0.3) is 5.82 Å². The van der Waals surface area contributed by atoms with Gasteiger partial charge in [-0.3, -0.25) is 9.78 Å². The Morgan fingerprint density at radius 3 is 2.44 bits per heavy atom. The zero-order valence-electron chi connectivity index (χ0n) is 15.0. The number of carbonyl (C=O) groups is 1. The number of H-pyrrole nitrogens is 1. The fourth-order valence-electron chi connectivity index (χ4n) is 3.04. The summed E-state index contributed by atoms with van der Waals surface area (Å²) in [4.78, 5) is 16.0. The first-order chi connectivity index (χ1) is 13.2. The number of pyridine rings is 1. The third-order valence-corrected chi connectivity index (χ3v) is 4.37. The second-order valence-electron chi connectivity index (χ2n) is 6.41. The van der Waals surface area contributed by atoms with Gasteiger partial charge in [0.15, 0.2) is 5.69 Å². The van der Waals surface area contributed by atoms with Gasteiger partial charge in [0.1, 0.15) is 0 Å². The zero-order chi connectivity index (χ0) is 18.6. The van der Waals surface area contributed by atoms with Crippen molar-refractivity contribution in [2.24, 2.45) is 0 Å². The molecule has 0 saturated heterocycles. The van der Waals surface area contributed by atoms with Gasteiger partial charge >= 0.3 is 5.91 Å². The Kier molecular flexibility index (Phi) is 4.54. The van der Waals surface area contributed by atoms with Crippen LogP contribution in [-0.4, -0.2) is 10.9 Å². The molecule has 0 fully saturated rings. The molecule has 2 heterocycles. The number of aryl methyl sites for hydroxylation is 1. The molecule has 4 rings (SSSR count). The lowest BCUT2D eigenvalue weighted by molar-refractivity contribution is -0.494. The van der Waals surface area contributed by atoms with E-state index < -0.39 is 0 Å². The summed E-state index contributed by atoms with van der Waals surface area (Å²) in [5.41, 5.74) is 4.95. The molecule has 0 aliphatic carbocycles. The summed E-state index contributed by atoms with van der Waals surface area (Å²) < 4.78 is 1.96. The van der Waals surface area contributed by atoms with Crippen LogP contribution in [0.15, 0.2) is 85.1 Å². The van der Waals surface area contributed by atoms with Crippen LogP contribution in [0.25, 0.3) is 23.0 Å². The van der Waals surface area contributed by atoms with E-state index in [1.165, 1.54) is 0 Å². The molecule has 2 aromatic carbocycles. The molecule has 0 aliphatic rings. The van der Waals surface area contributed by atoms with Crippen LogP contribution in [0.2, 0.25) is 0 Å². The van der Waals surface area contributed by atoms with E-state index in [0.29, 0.717) is 0 Å². The molecule has 0 unspecified atom stereocenters. The fraction of sp³-hybridized carbons (Fsp3) is 0.0435. The highest BCUT2D eigenvalue weighted by Crippen LogP contribution is 2.25. The van der Waals surface area contributed by atoms with E-state index in [0.717, 1.165) is 33.8 Å². The number of nitrogens with one attached hydrogen (secondary N) is 2. The van der Waals surface area contributed by atoms with E-state index >= 15 is 0 Å². The molecule has 4 heteroatoms. The number of anilines is 1. The molecule has 0 atom stereocenters. The van der Waals surface area contributed by atoms with Crippen LogP contribution in [-0.2, 0) is 4.79 Å². The minimum Gasteiger partial charge on any atom is -0.267 e. The van der Waals surface area contributed by atoms with E-state index in [-0.39, 0.29) is 5.91 Å². The van der Waals surface area contributed by atoms with Crippen molar-refractivity contribution in [3.63, 3.8) is 0 Å². The largest absolute Gasteiger partial charge is 0.304 e. The van der Waals surface area contributed by atoms with Crippen molar-refractivity contribution in [3.05, 3.63) is 96.2 Å². The number of hydrogen-bond donors (Lipinski definition) is 2. The van der Waals surface area contributed by atoms with Crippen molar-refractivity contribution in [2.75, 3.05) is 5.32 Å². The summed E-state index contributed by atoms with van der Waals surface area (Å²) in [5.74, 6) is 0.545. The molecule has 1 amide bonds. The van der Waals surface area contributed by atoms with Crippen LogP contribution in [0.5, 0.6) is 0 Å². The lowest BCUT2D eigenvalue weighted by Crippen LogP contribution is -2.26. The van der Waals surface area contributed by atoms with Gasteiger partial charge in [-0.2, -0.15) is 0 Å². The van der Waals surface area contributed by atoms with E-state index in [1.807, 2.05) is 84.3 Å². The van der Waals surface area contributed by atoms with Gasteiger partial charge in [0, 0.05) is 17.7 Å². The Balaban J connectivity index is 1.71. The molecule has 27 heavy (non-hydrogen) atoms. The molecule has 0 radical (unpaired) electrons. The summed E-state index contributed by atoms with van der Waals surface area (Å²) in [6.07, 6.45) is 5.32. The second-order valence-corrected chi connectivity index (χ2v) is 6.41. The Hall–Kier alpha value is -3.66. The van der Waals surface area contributed by atoms with Crippen molar-refractivity contribution < 1.29 is 9.20 Å². The molecule has 132 valence electrons. The maximum atomic E-state index is 12.6. The number of benzene rings is 2. The predicted molar refractivity (Wildman–Crippen MR) is 108 cm³/mol. The highest BCUT2D eigenvalue weighted by Gasteiger charge is 2.21. The average molecular weight is 354 g/mol. The third kappa shape index (κ3) is 3.65. The van der Waals surface area contributed by atoms with Crippen LogP contribution >= 0.6 is 0 Å². The van der Waals surface area contributed by atoms with Gasteiger partial charge in [-0.15, -0.1) is 0 Å². The van der Waals surface area contributed by atoms with Gasteiger partial charge in [-0.25, -0.2) is 9.72 Å². The van der Waals surface area contributed by atoms with E-state index in [2.05, 4.69) is 16.4 Å². The molecular weight excluding hydrogens is 334 g/mol. The van der Waals surface area contributed by atoms with E-state index in [9.17, 15) is 4.79 Å². The van der Waals surface area contributed by atoms with E-state index in [4.69, 9.17) is 0 Å². The maximum absolute atomic E-state index is 12.6. The number of nitrogens with zero attached hydrogens (tertiary/aromatic N) is 1. The lowest BCUT2D eigenvalue weighted by atomic mass is 10.1. The second kappa shape index (κ2) is 7.30. The molecule has 4 aromatic rings. The molecular formula is C23H20N3O+. The van der Waals surface area contributed by atoms with Crippen molar-refractivity contribution in [1.29, 1.82) is 0 Å². The first-order valence-electron chi connectivity index (χ1n) is 8.84. The van der Waals surface area contributed by atoms with Crippen molar-refractivity contribution >= 4 is 23.4 Å². The number of aromatic nitrogens is 2. The number of imidazole rings is 1. The topological polar surface area (TPSA) is 49.0 Å². The minimum absolute atomic E-state index is 0.176. The van der Waals surface area contributed by atoms with Crippen LogP contribution in [0.3, 0.4) is 0 Å². The monoisotopic (exact) mass is 354 g/mol. The average Bonchev–Trinajstić information content (AvgIpc) is 3.05. The molecule has 0 saturated carbocycles. The van der Waals surface area contributed by atoms with Gasteiger partial charge < -0.3 is 0 Å². The molecule has 2 aromatic heterocycles. The number of amides is 1. The van der Waals surface area contributed by atoms with Crippen LogP contribution in [0.1, 0.15) is 11.1 Å². The summed E-state index contributed by atoms with van der Waals surface area (Å²) in [7, 11) is 0. The van der Waals surface area contributed by atoms with Gasteiger partial charge in [-0.05, 0) is 30.2 Å². The van der Waals surface area contributed by atoms with Gasteiger partial charge in [-0.1, -0.05) is 60.7 Å². The van der Waals surface area contributed by atoms with Gasteiger partial charge in [0.2, 0.25) is 5.65 Å². The Morgan fingerprint density at radius 2 is 1.70 bits per heavy atom. The number of carbonyl (C=O) groups excluding carboxylic acids is 1. The Bertz CT molecular complexity index is 1110. The molecule has 0 bridgehead atoms. The standard InChI is InChI=1S/C23H19N3O/c1-17-14-15-26-20(16-17)24-22(19-10-6-3-7-11-19)23(26)25-21(27)13-12-18-8-4-2-5-9-18/h2-16H,1H3,(H,25,27)/p+1/b13-12+. The van der Waals surface area contributed by atoms with Crippen molar-refractivity contribution in [3.8, 4) is 11.3 Å². The first-order valence-corrected chi connectivity index (χ1v) is 8.84. The zero-order valence-corrected chi connectivity index (χ0v) is 15.0. The Labute approximate surface area is 157 Å². The normalized spacial score (nSPS) is 11.1. The summed E-state index contributed by atoms with van der Waals surface area (Å²) in [5, 5.41) is 3.03. The van der Waals surface area contributed by atoms with Crippen molar-refractivity contribution in [2.45, 2.75) is 6.92 Å². The summed E-state index contributed by atoms with van der Waals surface area (Å²) in [6, 6.07) is 23.8. The maximum Gasteiger partial charge on any atom is 0.304 e. The predicted octanol–water partition coefficient (Wildman–Crippen LogP) is 4.38. The quantitative estimate of drug-likeness (QED) is 0.415. The fourth-order valence-corrected chi connectivity index (χ4v) is 3.04. The van der Waals surface area contributed by atoms with Crippen LogP contribution in [0.4, 0.5) is 5.82 Å². The molecule has 0 spiro atoms. The number of fused-ring (bicyclic) bond motifs is 1. The van der Waals surface area contributed by atoms with Gasteiger partial charge in [0.05, 0.1) is 6.20 Å². The Morgan fingerprint density at radius 1 is 1.00 bits per heavy atom. The number of rotatable bonds is 4. The highest BCUT2D eigenvalue weighted by molar-refractivity contribution is 6.02. The first kappa shape index (κ1) is 16.8. The molecule has 0 aliphatic heterocycles. The molecule has 4 nitrogen and oxygen atoms in total. The van der Waals surface area contributed by atoms with Crippen LogP contribution < -0.4 is 9.72 Å². The van der Waals surface area contributed by atoms with E-state index in [1.54, 1.807) is 12.2 Å². The smallest absolute Gasteiger partial charge is 0.267 e. The summed E-state index contributed by atoms with van der Waals surface area (Å²) in [6.45, 7) is 2.05. The number of hydrogen-bond acceptors (Lipinski definition) is 1. The van der Waals surface area contributed by atoms with Crippen molar-refractivity contribution in [1.82, 2.24) is 4.98 Å². The lowest BCUT2D eigenvalue weighted by Gasteiger charge is -2.00. The highest BCUT2D eigenvalue weighted by atomic mass is 16.1. The minimum atomic E-state index is -0.176. The number of aromatic amines is 1. The molecule has 2 N–H and O–H groups in total. The third-order valence-electron chi connectivity index (χ3n) is 4.37. The van der Waals surface area contributed by atoms with Crippen LogP contribution in [0, 0.1) is 6.92 Å². The SMILES string of the molecule is Cc1cc[n+]2c(NC(=O)/C=C/c3ccccc3)c(-c3ccccc3)[nH]c2c1. The summed E-state index contributed by atoms with van der Waals surface area (Å²) >= 11 is 0.